The summed E-state index contributed by atoms with van der Waals surface area (Å²) < 4.78 is 0. The molecule has 4 nitrogen and oxygen atoms in total. The lowest BCUT2D eigenvalue weighted by molar-refractivity contribution is -1.01. The number of quaternary nitrogens is 2. The highest BCUT2D eigenvalue weighted by Gasteiger charge is 2.22. The van der Waals surface area contributed by atoms with Crippen molar-refractivity contribution in [3.05, 3.63) is 45.2 Å². The number of aromatic nitrogens is 1. The van der Waals surface area contributed by atoms with E-state index in [9.17, 15) is 4.79 Å². The van der Waals surface area contributed by atoms with Crippen molar-refractivity contribution in [3.63, 3.8) is 0 Å². The first-order chi connectivity index (χ1) is 10.0. The van der Waals surface area contributed by atoms with Gasteiger partial charge in [0, 0.05) is 16.6 Å². The summed E-state index contributed by atoms with van der Waals surface area (Å²) in [5, 5.41) is 0.828. The molecule has 0 bridgehead atoms. The van der Waals surface area contributed by atoms with Crippen molar-refractivity contribution >= 4 is 10.9 Å². The van der Waals surface area contributed by atoms with E-state index in [1.54, 1.807) is 4.90 Å². The number of hydrogen-bond acceptors (Lipinski definition) is 1. The molecule has 2 aromatic rings. The first kappa shape index (κ1) is 14.3. The van der Waals surface area contributed by atoms with E-state index in [1.807, 2.05) is 32.0 Å². The van der Waals surface area contributed by atoms with Gasteiger partial charge >= 0.3 is 0 Å². The number of fused-ring (bicyclic) bond motifs is 1. The molecule has 1 saturated heterocycles. The Bertz CT molecular complexity index is 712. The number of piperazine rings is 1. The van der Waals surface area contributed by atoms with Crippen LogP contribution in [0.3, 0.4) is 0 Å². The third kappa shape index (κ3) is 2.87. The lowest BCUT2D eigenvalue weighted by Crippen LogP contribution is -3.26. The minimum Gasteiger partial charge on any atom is -0.358 e. The summed E-state index contributed by atoms with van der Waals surface area (Å²) in [7, 11) is 2.24. The summed E-state index contributed by atoms with van der Waals surface area (Å²) in [5.74, 6) is 0. The van der Waals surface area contributed by atoms with E-state index in [4.69, 9.17) is 0 Å². The third-order valence-corrected chi connectivity index (χ3v) is 4.71. The number of likely N-dealkylation sites (N-methyl/N-ethyl adjacent to an activating group) is 1. The Morgan fingerprint density at radius 1 is 1.14 bits per heavy atom. The molecule has 1 aromatic heterocycles. The van der Waals surface area contributed by atoms with Gasteiger partial charge in [-0.05, 0) is 26.0 Å². The van der Waals surface area contributed by atoms with Gasteiger partial charge in [0.05, 0.1) is 12.6 Å². The second-order valence-corrected chi connectivity index (χ2v) is 6.49. The zero-order valence-electron chi connectivity index (χ0n) is 13.2. The van der Waals surface area contributed by atoms with Gasteiger partial charge in [-0.25, -0.2) is 0 Å². The third-order valence-electron chi connectivity index (χ3n) is 4.71. The Hall–Kier alpha value is -1.65. The van der Waals surface area contributed by atoms with Crippen LogP contribution >= 0.6 is 0 Å². The maximum Gasteiger partial charge on any atom is 0.198 e. The number of nitrogens with one attached hydrogen (secondary N) is 3. The van der Waals surface area contributed by atoms with Gasteiger partial charge in [-0.3, -0.25) is 4.79 Å². The average Bonchev–Trinajstić information content (AvgIpc) is 2.46. The first-order valence-corrected chi connectivity index (χ1v) is 7.81. The number of rotatable bonds is 2. The molecular formula is C17H25N3O+2. The molecule has 0 radical (unpaired) electrons. The zero-order chi connectivity index (χ0) is 15.0. The number of H-pyrrole nitrogens is 1. The van der Waals surface area contributed by atoms with Gasteiger partial charge in [0.1, 0.15) is 32.7 Å². The molecule has 0 unspecified atom stereocenters. The summed E-state index contributed by atoms with van der Waals surface area (Å²) in [5.41, 5.74) is 4.28. The molecule has 0 saturated carbocycles. The van der Waals surface area contributed by atoms with E-state index < -0.39 is 0 Å². The van der Waals surface area contributed by atoms with Crippen molar-refractivity contribution < 1.29 is 9.80 Å². The van der Waals surface area contributed by atoms with Crippen LogP contribution in [0.5, 0.6) is 0 Å². The SMILES string of the molecule is Cc1ccc2[nH]c(C)c(C[NH+]3CC[NH+](C)CC3)c(=O)c2c1. The second-order valence-electron chi connectivity index (χ2n) is 6.49. The Balaban J connectivity index is 1.96. The van der Waals surface area contributed by atoms with Crippen LogP contribution in [0, 0.1) is 13.8 Å². The predicted octanol–water partition coefficient (Wildman–Crippen LogP) is -0.942. The minimum atomic E-state index is 0.212. The van der Waals surface area contributed by atoms with Crippen LogP contribution in [0.25, 0.3) is 10.9 Å². The lowest BCUT2D eigenvalue weighted by Gasteiger charge is -2.27. The van der Waals surface area contributed by atoms with Crippen molar-refractivity contribution in [3.8, 4) is 0 Å². The minimum absolute atomic E-state index is 0.212. The average molecular weight is 287 g/mol. The van der Waals surface area contributed by atoms with Crippen molar-refractivity contribution in [1.29, 1.82) is 0 Å². The van der Waals surface area contributed by atoms with Gasteiger partial charge < -0.3 is 14.8 Å². The fourth-order valence-electron chi connectivity index (χ4n) is 3.24. The molecule has 112 valence electrons. The van der Waals surface area contributed by atoms with Crippen LogP contribution in [0.15, 0.2) is 23.0 Å². The second kappa shape index (κ2) is 5.62. The number of benzene rings is 1. The molecule has 2 heterocycles. The normalized spacial score (nSPS) is 22.6. The van der Waals surface area contributed by atoms with Gasteiger partial charge in [-0.15, -0.1) is 0 Å². The molecule has 1 aromatic carbocycles. The molecule has 1 fully saturated rings. The van der Waals surface area contributed by atoms with Crippen LogP contribution in [-0.4, -0.2) is 38.2 Å². The topological polar surface area (TPSA) is 41.7 Å². The van der Waals surface area contributed by atoms with E-state index in [2.05, 4.69) is 12.0 Å². The van der Waals surface area contributed by atoms with Crippen LogP contribution in [0.1, 0.15) is 16.8 Å². The highest BCUT2D eigenvalue weighted by molar-refractivity contribution is 5.80. The van der Waals surface area contributed by atoms with Crippen molar-refractivity contribution in [1.82, 2.24) is 4.98 Å². The number of aromatic amines is 1. The van der Waals surface area contributed by atoms with Gasteiger partial charge in [0.15, 0.2) is 5.43 Å². The Morgan fingerprint density at radius 3 is 2.57 bits per heavy atom. The van der Waals surface area contributed by atoms with Gasteiger partial charge in [-0.2, -0.15) is 0 Å². The molecule has 0 amide bonds. The van der Waals surface area contributed by atoms with Gasteiger partial charge in [-0.1, -0.05) is 11.6 Å². The molecule has 0 spiro atoms. The molecule has 1 aliphatic heterocycles. The first-order valence-electron chi connectivity index (χ1n) is 7.81. The molecular weight excluding hydrogens is 262 g/mol. The summed E-state index contributed by atoms with van der Waals surface area (Å²) in [6.45, 7) is 9.59. The predicted molar refractivity (Wildman–Crippen MR) is 85.1 cm³/mol. The maximum atomic E-state index is 12.8. The highest BCUT2D eigenvalue weighted by atomic mass is 16.1. The van der Waals surface area contributed by atoms with E-state index in [-0.39, 0.29) is 5.43 Å². The summed E-state index contributed by atoms with van der Waals surface area (Å²) >= 11 is 0. The molecule has 3 N–H and O–H groups in total. The van der Waals surface area contributed by atoms with Crippen molar-refractivity contribution in [2.75, 3.05) is 33.2 Å². The Labute approximate surface area is 125 Å². The molecule has 21 heavy (non-hydrogen) atoms. The zero-order valence-corrected chi connectivity index (χ0v) is 13.2. The van der Waals surface area contributed by atoms with E-state index in [0.29, 0.717) is 0 Å². The smallest absolute Gasteiger partial charge is 0.198 e. The van der Waals surface area contributed by atoms with Crippen molar-refractivity contribution in [2.45, 2.75) is 20.4 Å². The molecule has 1 aliphatic rings. The van der Waals surface area contributed by atoms with E-state index >= 15 is 0 Å². The summed E-state index contributed by atoms with van der Waals surface area (Å²) in [4.78, 5) is 19.3. The fourth-order valence-corrected chi connectivity index (χ4v) is 3.24. The molecule has 4 heteroatoms. The number of hydrogen-bond donors (Lipinski definition) is 3. The largest absolute Gasteiger partial charge is 0.358 e. The van der Waals surface area contributed by atoms with Gasteiger partial charge in [0.2, 0.25) is 0 Å². The van der Waals surface area contributed by atoms with Crippen LogP contribution in [0.2, 0.25) is 0 Å². The van der Waals surface area contributed by atoms with E-state index in [1.165, 1.54) is 18.0 Å². The Morgan fingerprint density at radius 2 is 1.86 bits per heavy atom. The number of aryl methyl sites for hydroxylation is 2. The summed E-state index contributed by atoms with van der Waals surface area (Å²) in [6.07, 6.45) is 0. The quantitative estimate of drug-likeness (QED) is 0.656. The van der Waals surface area contributed by atoms with E-state index in [0.717, 1.165) is 47.4 Å². The maximum absolute atomic E-state index is 12.8. The highest BCUT2D eigenvalue weighted by Crippen LogP contribution is 2.12. The molecule has 0 atom stereocenters. The van der Waals surface area contributed by atoms with Crippen LogP contribution in [-0.2, 0) is 6.54 Å². The molecule has 0 aliphatic carbocycles. The molecule has 3 rings (SSSR count). The number of pyridine rings is 1. The fraction of sp³-hybridized carbons (Fsp3) is 0.471. The van der Waals surface area contributed by atoms with Crippen LogP contribution in [0.4, 0.5) is 0 Å². The Kier molecular flexibility index (Phi) is 3.83. The van der Waals surface area contributed by atoms with Gasteiger partial charge in [0.25, 0.3) is 0 Å². The lowest BCUT2D eigenvalue weighted by atomic mass is 10.1. The van der Waals surface area contributed by atoms with Crippen LogP contribution < -0.4 is 15.2 Å². The standard InChI is InChI=1S/C17H23N3O/c1-12-4-5-16-14(10-12)17(21)15(13(2)18-16)11-20-8-6-19(3)7-9-20/h4-5,10H,6-9,11H2,1-3H3,(H,18,21)/p+2. The summed E-state index contributed by atoms with van der Waals surface area (Å²) in [6, 6.07) is 6.06. The monoisotopic (exact) mass is 287 g/mol. The van der Waals surface area contributed by atoms with Crippen molar-refractivity contribution in [2.24, 2.45) is 0 Å².